The Morgan fingerprint density at radius 2 is 0.804 bits per heavy atom. The number of carbonyl (C=O) groups excluding carboxylic acids is 8. The number of nitrogen functional groups attached to an aromatic ring is 3. The van der Waals surface area contributed by atoms with Gasteiger partial charge in [0.05, 0.1) is 109 Å². The molecule has 0 fully saturated rings. The highest BCUT2D eigenvalue weighted by Gasteiger charge is 2.19. The number of nitrogens with two attached hydrogens (primary N) is 3. The first-order valence-electron chi connectivity index (χ1n) is 26.9. The van der Waals surface area contributed by atoms with Gasteiger partial charge in [-0.25, -0.2) is 0 Å². The predicted molar refractivity (Wildman–Crippen MR) is 379 cm³/mol. The Kier molecular flexibility index (Phi) is 38.9. The lowest BCUT2D eigenvalue weighted by Crippen LogP contribution is -2.08. The number of rotatable bonds is 15. The van der Waals surface area contributed by atoms with Gasteiger partial charge in [0.1, 0.15) is 11.5 Å². The molecule has 0 bridgehead atoms. The SMILES string of the molecule is CCc1cc2c(Br)c(OC)c(N)cc2[nH]1.CCc1cc2c(Br)c(OC)c(NC(C)=O)cc2[nH]1.COc1c(Br)cc(N)cc1NC(C)=O.COc1c(Br)cc([N+](=O)[O-])cc1NC(C)=O.COc1ccc([N+](=O)[O-])cc1N.COc1ccc([N+](=O)[O-])cc1NC(C)=O.Cl.O=C=O.O=C=O. The molecule has 0 aliphatic carbocycles. The third-order valence-electron chi connectivity index (χ3n) is 11.7. The molecule has 32 nitrogen and oxygen atoms in total. The van der Waals surface area contributed by atoms with Crippen LogP contribution in [-0.2, 0) is 51.2 Å². The molecule has 0 aliphatic heterocycles. The molecule has 4 amide bonds. The van der Waals surface area contributed by atoms with Crippen LogP contribution >= 0.6 is 76.1 Å². The van der Waals surface area contributed by atoms with Gasteiger partial charge in [-0.1, -0.05) is 13.8 Å². The fourth-order valence-electron chi connectivity index (χ4n) is 7.85. The Labute approximate surface area is 593 Å². The van der Waals surface area contributed by atoms with Crippen molar-refractivity contribution in [1.82, 2.24) is 9.97 Å². The van der Waals surface area contributed by atoms with Crippen LogP contribution in [0.3, 0.4) is 0 Å². The van der Waals surface area contributed by atoms with E-state index >= 15 is 0 Å². The Morgan fingerprint density at radius 3 is 1.19 bits per heavy atom. The molecule has 2 aromatic heterocycles. The number of anilines is 7. The number of ether oxygens (including phenoxy) is 6. The van der Waals surface area contributed by atoms with E-state index in [9.17, 15) is 49.5 Å². The van der Waals surface area contributed by atoms with E-state index in [1.165, 1.54) is 110 Å². The van der Waals surface area contributed by atoms with Crippen LogP contribution in [0.5, 0.6) is 34.5 Å². The topological polar surface area (TPSA) is 479 Å². The van der Waals surface area contributed by atoms with Gasteiger partial charge >= 0.3 is 12.3 Å². The van der Waals surface area contributed by atoms with Crippen LogP contribution in [0, 0.1) is 30.3 Å². The molecule has 0 unspecified atom stereocenters. The largest absolute Gasteiger partial charge is 0.495 e. The number of hydrogen-bond acceptors (Lipinski definition) is 23. The van der Waals surface area contributed by atoms with Crippen molar-refractivity contribution in [3.8, 4) is 34.5 Å². The van der Waals surface area contributed by atoms with Gasteiger partial charge in [0.2, 0.25) is 23.6 Å². The molecule has 8 rings (SSSR count). The second-order valence-corrected chi connectivity index (χ2v) is 21.7. The van der Waals surface area contributed by atoms with Crippen LogP contribution in [0.25, 0.3) is 21.8 Å². The van der Waals surface area contributed by atoms with E-state index in [4.69, 9.17) is 64.8 Å². The lowest BCUT2D eigenvalue weighted by molar-refractivity contribution is -0.385. The van der Waals surface area contributed by atoms with Crippen LogP contribution in [0.2, 0.25) is 0 Å². The number of H-pyrrole nitrogens is 2. The predicted octanol–water partition coefficient (Wildman–Crippen LogP) is 12.9. The number of non-ortho nitro benzene ring substituents is 3. The highest BCUT2D eigenvalue weighted by Crippen LogP contribution is 2.42. The molecule has 6 aromatic carbocycles. The number of halogens is 5. The number of nitrogens with one attached hydrogen (secondary N) is 6. The quantitative estimate of drug-likeness (QED) is 0.0261. The van der Waals surface area contributed by atoms with Crippen molar-refractivity contribution in [2.75, 3.05) is 81.1 Å². The van der Waals surface area contributed by atoms with Crippen molar-refractivity contribution >= 4 is 191 Å². The normalized spacial score (nSPS) is 9.44. The first-order chi connectivity index (χ1) is 45.2. The molecule has 12 N–H and O–H groups in total. The fraction of sp³-hybridized carbons (Fsp3) is 0.233. The van der Waals surface area contributed by atoms with Gasteiger partial charge in [-0.15, -0.1) is 12.4 Å². The van der Waals surface area contributed by atoms with E-state index < -0.39 is 14.8 Å². The number of aromatic amines is 2. The van der Waals surface area contributed by atoms with Crippen molar-refractivity contribution < 1.29 is 81.5 Å². The standard InChI is InChI=1S/C13H15BrN2O2.C11H13BrN2O.C9H9BrN2O4.C9H11BrN2O2.C9H10N2O4.C7H8N2O3.2CO2.ClH/c1-4-8-5-9-10(16-8)6-11(15-7(2)17)13(18-3)12(9)14;1-3-6-4-7-9(14-6)5-8(13)11(15-2)10(7)12;1-5(13)11-8-4-6(12(14)15)3-7(10)9(8)16-2;1-5(13)12-8-4-6(11)3-7(10)9(8)14-2;1-6(12)10-8-5-7(11(13)14)3-4-9(8)15-2;1-12-7-3-2-5(9(10)11)4-6(7)8;2*2-1-3;/h5-6,16H,4H2,1-3H3,(H,15,17);4-5,14H,3,13H2,1-2H3;3-4H,1-2H3,(H,11,13);3-4H,11H2,1-2H3,(H,12,13);3-5H,1-2H3,(H,10,12);2-4H,8H2,1H3;;;1H. The van der Waals surface area contributed by atoms with Crippen LogP contribution in [0.1, 0.15) is 52.9 Å². The summed E-state index contributed by atoms with van der Waals surface area (Å²) in [6, 6.07) is 22.0. The summed E-state index contributed by atoms with van der Waals surface area (Å²) in [5, 5.41) is 43.9. The van der Waals surface area contributed by atoms with Gasteiger partial charge in [-0.3, -0.25) is 49.5 Å². The number of carbonyl (C=O) groups is 4. The van der Waals surface area contributed by atoms with Crippen LogP contribution in [0.4, 0.5) is 56.9 Å². The molecule has 0 saturated heterocycles. The molecule has 2 heterocycles. The molecule has 97 heavy (non-hydrogen) atoms. The fourth-order valence-corrected chi connectivity index (χ4v) is 10.5. The number of methoxy groups -OCH3 is 6. The second kappa shape index (κ2) is 43.6. The summed E-state index contributed by atoms with van der Waals surface area (Å²) in [4.78, 5) is 113. The summed E-state index contributed by atoms with van der Waals surface area (Å²) >= 11 is 13.5. The number of aryl methyl sites for hydroxylation is 2. The minimum absolute atomic E-state index is 0. The van der Waals surface area contributed by atoms with Gasteiger partial charge in [-0.05, 0) is 125 Å². The summed E-state index contributed by atoms with van der Waals surface area (Å²) < 4.78 is 33.4. The number of amides is 4. The second-order valence-electron chi connectivity index (χ2n) is 18.4. The number of hydrogen-bond donors (Lipinski definition) is 9. The molecule has 0 aliphatic rings. The average Bonchev–Trinajstić information content (AvgIpc) is 1.67. The highest BCUT2D eigenvalue weighted by atomic mass is 79.9. The van der Waals surface area contributed by atoms with E-state index in [-0.39, 0.29) is 76.8 Å². The first kappa shape index (κ1) is 86.7. The first-order valence-corrected chi connectivity index (χ1v) is 30.1. The minimum atomic E-state index is -0.546. The summed E-state index contributed by atoms with van der Waals surface area (Å²) in [5.74, 6) is 2.15. The number of nitro groups is 3. The summed E-state index contributed by atoms with van der Waals surface area (Å²) in [7, 11) is 9.03. The van der Waals surface area contributed by atoms with Crippen molar-refractivity contribution in [2.45, 2.75) is 54.4 Å². The number of fused-ring (bicyclic) bond motifs is 2. The lowest BCUT2D eigenvalue weighted by atomic mass is 10.2. The van der Waals surface area contributed by atoms with Gasteiger partial charge in [0.25, 0.3) is 17.1 Å². The van der Waals surface area contributed by atoms with E-state index in [1.54, 1.807) is 26.4 Å². The maximum Gasteiger partial charge on any atom is 0.373 e. The molecule has 37 heteroatoms. The van der Waals surface area contributed by atoms with Crippen LogP contribution < -0.4 is 66.9 Å². The summed E-state index contributed by atoms with van der Waals surface area (Å²) in [6.45, 7) is 9.73. The zero-order valence-corrected chi connectivity index (χ0v) is 60.8. The average molecular weight is 1630 g/mol. The Hall–Kier alpha value is -10.3. The van der Waals surface area contributed by atoms with Crippen LogP contribution in [0.15, 0.2) is 103 Å². The zero-order chi connectivity index (χ0) is 73.3. The molecule has 8 aromatic rings. The molecular formula is C60H67Br4ClN12O20. The summed E-state index contributed by atoms with van der Waals surface area (Å²) in [6.07, 6.45) is 2.41. The Balaban J connectivity index is 0.00000112. The van der Waals surface area contributed by atoms with Crippen molar-refractivity contribution in [3.05, 3.63) is 145 Å². The Bertz CT molecular complexity index is 4130. The Morgan fingerprint density at radius 1 is 0.454 bits per heavy atom. The maximum absolute atomic E-state index is 11.2. The van der Waals surface area contributed by atoms with Gasteiger partial charge < -0.3 is 76.9 Å². The van der Waals surface area contributed by atoms with Gasteiger partial charge in [0, 0.05) is 103 Å². The molecule has 522 valence electrons. The smallest absolute Gasteiger partial charge is 0.373 e. The number of nitro benzene ring substituents is 3. The van der Waals surface area contributed by atoms with Crippen molar-refractivity contribution in [3.63, 3.8) is 0 Å². The van der Waals surface area contributed by atoms with E-state index in [2.05, 4.69) is 121 Å². The monoisotopic (exact) mass is 1630 g/mol. The zero-order valence-electron chi connectivity index (χ0n) is 53.7. The third-order valence-corrected chi connectivity index (χ3v) is 14.5. The van der Waals surface area contributed by atoms with Gasteiger partial charge in [-0.2, -0.15) is 19.2 Å². The molecule has 0 spiro atoms. The van der Waals surface area contributed by atoms with Crippen molar-refractivity contribution in [2.24, 2.45) is 0 Å². The lowest BCUT2D eigenvalue weighted by Gasteiger charge is -2.11. The molecular weight excluding hydrogens is 1560 g/mol. The van der Waals surface area contributed by atoms with Gasteiger partial charge in [0.15, 0.2) is 23.0 Å². The minimum Gasteiger partial charge on any atom is -0.495 e. The molecule has 0 radical (unpaired) electrons. The summed E-state index contributed by atoms with van der Waals surface area (Å²) in [5.41, 5.74) is 24.3. The molecule has 0 saturated carbocycles. The number of benzene rings is 6. The maximum atomic E-state index is 11.2. The van der Waals surface area contributed by atoms with Crippen LogP contribution in [-0.4, -0.2) is 103 Å². The van der Waals surface area contributed by atoms with Crippen molar-refractivity contribution in [1.29, 1.82) is 0 Å². The van der Waals surface area contributed by atoms with E-state index in [1.807, 2.05) is 12.1 Å². The highest BCUT2D eigenvalue weighted by molar-refractivity contribution is 9.11. The number of aromatic nitrogens is 2. The van der Waals surface area contributed by atoms with E-state index in [0.717, 1.165) is 49.3 Å². The number of nitrogens with zero attached hydrogens (tertiary/aromatic N) is 3. The third kappa shape index (κ3) is 27.5. The van der Waals surface area contributed by atoms with E-state index in [0.29, 0.717) is 71.9 Å². The molecule has 0 atom stereocenters.